The summed E-state index contributed by atoms with van der Waals surface area (Å²) in [6.07, 6.45) is 1.03. The Hall–Kier alpha value is -1.50. The van der Waals surface area contributed by atoms with E-state index in [1.54, 1.807) is 0 Å². The van der Waals surface area contributed by atoms with Crippen LogP contribution in [0.15, 0.2) is 30.3 Å². The van der Waals surface area contributed by atoms with Crippen molar-refractivity contribution in [3.05, 3.63) is 41.5 Å². The zero-order valence-electron chi connectivity index (χ0n) is 10.1. The molecule has 2 aromatic carbocycles. The van der Waals surface area contributed by atoms with Crippen LogP contribution in [0, 0.1) is 0 Å². The number of phenolic OH excluding ortho intramolecular Hbond substituents is 1. The number of rotatable bonds is 2. The molecule has 0 radical (unpaired) electrons. The van der Waals surface area contributed by atoms with Crippen LogP contribution in [0.3, 0.4) is 0 Å². The molecule has 2 rings (SSSR count). The lowest BCUT2D eigenvalue weighted by Gasteiger charge is -2.14. The summed E-state index contributed by atoms with van der Waals surface area (Å²) in [5.41, 5.74) is 2.61. The normalized spacial score (nSPS) is 11.2. The highest BCUT2D eigenvalue weighted by Gasteiger charge is 2.10. The third kappa shape index (κ3) is 1.78. The highest BCUT2D eigenvalue weighted by atomic mass is 16.3. The van der Waals surface area contributed by atoms with Gasteiger partial charge < -0.3 is 5.11 Å². The maximum Gasteiger partial charge on any atom is 0.116 e. The fourth-order valence-corrected chi connectivity index (χ4v) is 2.27. The lowest BCUT2D eigenvalue weighted by atomic mass is 9.91. The summed E-state index contributed by atoms with van der Waals surface area (Å²) in [6.45, 7) is 6.51. The van der Waals surface area contributed by atoms with Crippen LogP contribution < -0.4 is 0 Å². The van der Waals surface area contributed by atoms with E-state index in [4.69, 9.17) is 0 Å². The second-order valence-electron chi connectivity index (χ2n) is 4.56. The molecule has 1 N–H and O–H groups in total. The summed E-state index contributed by atoms with van der Waals surface area (Å²) in [4.78, 5) is 0. The van der Waals surface area contributed by atoms with Gasteiger partial charge in [-0.15, -0.1) is 0 Å². The third-order valence-electron chi connectivity index (χ3n) is 3.08. The predicted octanol–water partition coefficient (Wildman–Crippen LogP) is 4.23. The van der Waals surface area contributed by atoms with Crippen molar-refractivity contribution in [2.75, 3.05) is 0 Å². The minimum absolute atomic E-state index is 0.365. The van der Waals surface area contributed by atoms with Crippen molar-refractivity contribution in [2.45, 2.75) is 33.1 Å². The number of hydrogen-bond donors (Lipinski definition) is 1. The molecular formula is C15H18O. The summed E-state index contributed by atoms with van der Waals surface area (Å²) >= 11 is 0. The quantitative estimate of drug-likeness (QED) is 0.793. The molecule has 84 valence electrons. The van der Waals surface area contributed by atoms with Gasteiger partial charge in [0.05, 0.1) is 0 Å². The number of phenols is 1. The fraction of sp³-hybridized carbons (Fsp3) is 0.333. The van der Waals surface area contributed by atoms with Crippen LogP contribution in [0.1, 0.15) is 37.8 Å². The molecule has 0 unspecified atom stereocenters. The van der Waals surface area contributed by atoms with Crippen molar-refractivity contribution in [3.8, 4) is 5.75 Å². The summed E-state index contributed by atoms with van der Waals surface area (Å²) in [5, 5.41) is 12.2. The molecule has 1 nitrogen and oxygen atoms in total. The van der Waals surface area contributed by atoms with E-state index in [0.29, 0.717) is 11.7 Å². The molecule has 0 saturated carbocycles. The number of hydrogen-bond acceptors (Lipinski definition) is 1. The lowest BCUT2D eigenvalue weighted by Crippen LogP contribution is -1.93. The van der Waals surface area contributed by atoms with E-state index in [-0.39, 0.29) is 0 Å². The van der Waals surface area contributed by atoms with Crippen LogP contribution in [-0.4, -0.2) is 5.11 Å². The van der Waals surface area contributed by atoms with Crippen molar-refractivity contribution in [1.29, 1.82) is 0 Å². The smallest absolute Gasteiger partial charge is 0.116 e. The van der Waals surface area contributed by atoms with E-state index >= 15 is 0 Å². The molecular weight excluding hydrogens is 196 g/mol. The first-order valence-electron chi connectivity index (χ1n) is 5.88. The molecule has 0 spiro atoms. The van der Waals surface area contributed by atoms with E-state index in [1.165, 1.54) is 16.5 Å². The summed E-state index contributed by atoms with van der Waals surface area (Å²) in [7, 11) is 0. The largest absolute Gasteiger partial charge is 0.508 e. The maximum absolute atomic E-state index is 9.72. The summed E-state index contributed by atoms with van der Waals surface area (Å²) in [5.74, 6) is 0.798. The molecule has 0 saturated heterocycles. The van der Waals surface area contributed by atoms with Gasteiger partial charge in [-0.1, -0.05) is 39.0 Å². The van der Waals surface area contributed by atoms with Crippen LogP contribution in [0.5, 0.6) is 5.75 Å². The fourth-order valence-electron chi connectivity index (χ4n) is 2.27. The van der Waals surface area contributed by atoms with Crippen LogP contribution in [0.25, 0.3) is 10.8 Å². The highest BCUT2D eigenvalue weighted by molar-refractivity contribution is 5.90. The van der Waals surface area contributed by atoms with Crippen molar-refractivity contribution in [2.24, 2.45) is 0 Å². The number of fused-ring (bicyclic) bond motifs is 1. The SMILES string of the molecule is CCc1cccc2cc(O)cc(C(C)C)c12. The van der Waals surface area contributed by atoms with E-state index in [1.807, 2.05) is 12.1 Å². The second-order valence-corrected chi connectivity index (χ2v) is 4.56. The van der Waals surface area contributed by atoms with Gasteiger partial charge in [0.2, 0.25) is 0 Å². The third-order valence-corrected chi connectivity index (χ3v) is 3.08. The van der Waals surface area contributed by atoms with Crippen LogP contribution in [0.4, 0.5) is 0 Å². The van der Waals surface area contributed by atoms with Crippen molar-refractivity contribution >= 4 is 10.8 Å². The first-order chi connectivity index (χ1) is 7.63. The Bertz CT molecular complexity index is 512. The van der Waals surface area contributed by atoms with Gasteiger partial charge in [-0.2, -0.15) is 0 Å². The number of benzene rings is 2. The van der Waals surface area contributed by atoms with Gasteiger partial charge >= 0.3 is 0 Å². The first-order valence-corrected chi connectivity index (χ1v) is 5.88. The van der Waals surface area contributed by atoms with Crippen LogP contribution >= 0.6 is 0 Å². The van der Waals surface area contributed by atoms with Crippen molar-refractivity contribution in [3.63, 3.8) is 0 Å². The lowest BCUT2D eigenvalue weighted by molar-refractivity contribution is 0.475. The monoisotopic (exact) mass is 214 g/mol. The van der Waals surface area contributed by atoms with E-state index in [9.17, 15) is 5.11 Å². The maximum atomic E-state index is 9.72. The van der Waals surface area contributed by atoms with Gasteiger partial charge in [-0.3, -0.25) is 0 Å². The molecule has 16 heavy (non-hydrogen) atoms. The molecule has 0 aliphatic rings. The second kappa shape index (κ2) is 4.17. The van der Waals surface area contributed by atoms with Crippen LogP contribution in [0.2, 0.25) is 0 Å². The van der Waals surface area contributed by atoms with E-state index < -0.39 is 0 Å². The average molecular weight is 214 g/mol. The minimum Gasteiger partial charge on any atom is -0.508 e. The Morgan fingerprint density at radius 1 is 1.19 bits per heavy atom. The predicted molar refractivity (Wildman–Crippen MR) is 69.1 cm³/mol. The Kier molecular flexibility index (Phi) is 2.86. The van der Waals surface area contributed by atoms with Crippen molar-refractivity contribution in [1.82, 2.24) is 0 Å². The van der Waals surface area contributed by atoms with E-state index in [0.717, 1.165) is 11.8 Å². The molecule has 0 atom stereocenters. The molecule has 2 aromatic rings. The molecule has 0 aliphatic carbocycles. The number of aryl methyl sites for hydroxylation is 1. The zero-order chi connectivity index (χ0) is 11.7. The molecule has 0 amide bonds. The molecule has 0 heterocycles. The molecule has 0 aliphatic heterocycles. The van der Waals surface area contributed by atoms with Gasteiger partial charge in [-0.05, 0) is 46.4 Å². The number of aromatic hydroxyl groups is 1. The van der Waals surface area contributed by atoms with Gasteiger partial charge in [0.15, 0.2) is 0 Å². The summed E-state index contributed by atoms with van der Waals surface area (Å²) in [6, 6.07) is 10.0. The Morgan fingerprint density at radius 2 is 1.94 bits per heavy atom. The van der Waals surface area contributed by atoms with Gasteiger partial charge in [-0.25, -0.2) is 0 Å². The Morgan fingerprint density at radius 3 is 2.56 bits per heavy atom. The van der Waals surface area contributed by atoms with E-state index in [2.05, 4.69) is 39.0 Å². The first kappa shape index (κ1) is 11.0. The van der Waals surface area contributed by atoms with Crippen LogP contribution in [-0.2, 0) is 6.42 Å². The topological polar surface area (TPSA) is 20.2 Å². The zero-order valence-corrected chi connectivity index (χ0v) is 10.1. The van der Waals surface area contributed by atoms with Gasteiger partial charge in [0, 0.05) is 0 Å². The molecule has 0 aromatic heterocycles. The van der Waals surface area contributed by atoms with Crippen molar-refractivity contribution < 1.29 is 5.11 Å². The molecule has 0 fully saturated rings. The van der Waals surface area contributed by atoms with Gasteiger partial charge in [0.1, 0.15) is 5.75 Å². The molecule has 0 bridgehead atoms. The summed E-state index contributed by atoms with van der Waals surface area (Å²) < 4.78 is 0. The standard InChI is InChI=1S/C15H18O/c1-4-11-6-5-7-12-8-13(16)9-14(10(2)3)15(11)12/h5-10,16H,4H2,1-3H3. The van der Waals surface area contributed by atoms with Gasteiger partial charge in [0.25, 0.3) is 0 Å². The highest BCUT2D eigenvalue weighted by Crippen LogP contribution is 2.32. The Balaban J connectivity index is 2.85. The molecule has 1 heteroatoms. The Labute approximate surface area is 96.7 Å². The minimum atomic E-state index is 0.365. The average Bonchev–Trinajstić information content (AvgIpc) is 2.26.